The second kappa shape index (κ2) is 6.74. The Hall–Kier alpha value is -2.09. The van der Waals surface area contributed by atoms with Gasteiger partial charge in [0, 0.05) is 10.2 Å². The van der Waals surface area contributed by atoms with E-state index in [-0.39, 0.29) is 12.1 Å². The first kappa shape index (κ1) is 15.0. The van der Waals surface area contributed by atoms with Crippen LogP contribution in [0.25, 0.3) is 0 Å². The first-order valence-corrected chi connectivity index (χ1v) is 6.01. The van der Waals surface area contributed by atoms with Gasteiger partial charge in [0.2, 0.25) is 5.91 Å². The zero-order valence-electron chi connectivity index (χ0n) is 9.77. The number of hydrogen-bond donors (Lipinski definition) is 4. The van der Waals surface area contributed by atoms with Gasteiger partial charge in [-0.05, 0) is 18.2 Å². The monoisotopic (exact) mass is 329 g/mol. The van der Waals surface area contributed by atoms with Gasteiger partial charge in [-0.1, -0.05) is 15.9 Å². The SMILES string of the molecule is NC(=O)c1cc(Br)ccc1NCC(=O)NCC(=O)O. The molecule has 0 saturated carbocycles. The average Bonchev–Trinajstić information content (AvgIpc) is 2.34. The molecule has 0 fully saturated rings. The van der Waals surface area contributed by atoms with Crippen molar-refractivity contribution < 1.29 is 19.5 Å². The van der Waals surface area contributed by atoms with E-state index in [1.807, 2.05) is 0 Å². The second-order valence-electron chi connectivity index (χ2n) is 3.58. The summed E-state index contributed by atoms with van der Waals surface area (Å²) in [5, 5.41) is 13.3. The van der Waals surface area contributed by atoms with Crippen molar-refractivity contribution >= 4 is 39.4 Å². The summed E-state index contributed by atoms with van der Waals surface area (Å²) in [6.07, 6.45) is 0. The second-order valence-corrected chi connectivity index (χ2v) is 4.49. The molecule has 1 aromatic rings. The van der Waals surface area contributed by atoms with Gasteiger partial charge in [0.15, 0.2) is 0 Å². The number of primary amides is 1. The van der Waals surface area contributed by atoms with E-state index in [9.17, 15) is 14.4 Å². The number of carbonyl (C=O) groups excluding carboxylic acids is 2. The molecule has 0 unspecified atom stereocenters. The number of benzene rings is 1. The Kier molecular flexibility index (Phi) is 5.31. The van der Waals surface area contributed by atoms with E-state index in [1.165, 1.54) is 6.07 Å². The van der Waals surface area contributed by atoms with Crippen molar-refractivity contribution in [3.8, 4) is 0 Å². The van der Waals surface area contributed by atoms with Crippen LogP contribution in [0.15, 0.2) is 22.7 Å². The van der Waals surface area contributed by atoms with Gasteiger partial charge in [-0.2, -0.15) is 0 Å². The lowest BCUT2D eigenvalue weighted by atomic mass is 10.1. The number of carbonyl (C=O) groups is 3. The largest absolute Gasteiger partial charge is 0.480 e. The molecule has 0 aliphatic rings. The van der Waals surface area contributed by atoms with Gasteiger partial charge in [0.1, 0.15) is 6.54 Å². The summed E-state index contributed by atoms with van der Waals surface area (Å²) < 4.78 is 0.683. The van der Waals surface area contributed by atoms with Crippen molar-refractivity contribution in [3.05, 3.63) is 28.2 Å². The molecular weight excluding hydrogens is 318 g/mol. The van der Waals surface area contributed by atoms with E-state index in [1.54, 1.807) is 12.1 Å². The Labute approximate surface area is 117 Å². The highest BCUT2D eigenvalue weighted by molar-refractivity contribution is 9.10. The minimum atomic E-state index is -1.13. The molecular formula is C11H12BrN3O4. The molecule has 0 radical (unpaired) electrons. The molecule has 0 aliphatic carbocycles. The van der Waals surface area contributed by atoms with Crippen molar-refractivity contribution in [2.75, 3.05) is 18.4 Å². The normalized spacial score (nSPS) is 9.74. The molecule has 0 atom stereocenters. The first-order valence-electron chi connectivity index (χ1n) is 5.22. The topological polar surface area (TPSA) is 122 Å². The summed E-state index contributed by atoms with van der Waals surface area (Å²) in [7, 11) is 0. The molecule has 1 rings (SSSR count). The summed E-state index contributed by atoms with van der Waals surface area (Å²) in [6.45, 7) is -0.612. The number of nitrogens with one attached hydrogen (secondary N) is 2. The predicted molar refractivity (Wildman–Crippen MR) is 71.8 cm³/mol. The standard InChI is InChI=1S/C11H12BrN3O4/c12-6-1-2-8(7(3-6)11(13)19)14-4-9(16)15-5-10(17)18/h1-3,14H,4-5H2,(H2,13,19)(H,15,16)(H,17,18). The summed E-state index contributed by atoms with van der Waals surface area (Å²) in [4.78, 5) is 32.8. The quantitative estimate of drug-likeness (QED) is 0.592. The van der Waals surface area contributed by atoms with Crippen LogP contribution in [0.2, 0.25) is 0 Å². The van der Waals surface area contributed by atoms with Crippen LogP contribution in [0, 0.1) is 0 Å². The fourth-order valence-electron chi connectivity index (χ4n) is 1.29. The van der Waals surface area contributed by atoms with Crippen molar-refractivity contribution in [1.29, 1.82) is 0 Å². The molecule has 102 valence electrons. The Bertz CT molecular complexity index is 519. The zero-order valence-corrected chi connectivity index (χ0v) is 11.4. The summed E-state index contributed by atoms with van der Waals surface area (Å²) in [5.41, 5.74) is 5.85. The van der Waals surface area contributed by atoms with Crippen molar-refractivity contribution in [1.82, 2.24) is 5.32 Å². The van der Waals surface area contributed by atoms with Gasteiger partial charge in [0.25, 0.3) is 5.91 Å². The molecule has 0 spiro atoms. The third-order valence-electron chi connectivity index (χ3n) is 2.12. The zero-order chi connectivity index (χ0) is 14.4. The maximum atomic E-state index is 11.3. The highest BCUT2D eigenvalue weighted by Crippen LogP contribution is 2.20. The highest BCUT2D eigenvalue weighted by atomic mass is 79.9. The Morgan fingerprint density at radius 1 is 1.26 bits per heavy atom. The Morgan fingerprint density at radius 2 is 1.95 bits per heavy atom. The van der Waals surface area contributed by atoms with Gasteiger partial charge in [0.05, 0.1) is 12.1 Å². The fraction of sp³-hybridized carbons (Fsp3) is 0.182. The van der Waals surface area contributed by atoms with E-state index < -0.39 is 24.3 Å². The van der Waals surface area contributed by atoms with Gasteiger partial charge >= 0.3 is 5.97 Å². The molecule has 0 bridgehead atoms. The van der Waals surface area contributed by atoms with E-state index in [0.717, 1.165) is 0 Å². The van der Waals surface area contributed by atoms with Gasteiger partial charge in [-0.15, -0.1) is 0 Å². The van der Waals surface area contributed by atoms with Crippen LogP contribution in [0.1, 0.15) is 10.4 Å². The molecule has 8 heteroatoms. The fourth-order valence-corrected chi connectivity index (χ4v) is 1.65. The van der Waals surface area contributed by atoms with Crippen molar-refractivity contribution in [2.24, 2.45) is 5.73 Å². The highest BCUT2D eigenvalue weighted by Gasteiger charge is 2.10. The number of rotatable bonds is 6. The average molecular weight is 330 g/mol. The van der Waals surface area contributed by atoms with Gasteiger partial charge in [-0.25, -0.2) is 0 Å². The smallest absolute Gasteiger partial charge is 0.322 e. The number of halogens is 1. The third-order valence-corrected chi connectivity index (χ3v) is 2.62. The summed E-state index contributed by atoms with van der Waals surface area (Å²) >= 11 is 3.21. The number of anilines is 1. The molecule has 0 heterocycles. The number of carboxylic acid groups (broad SMARTS) is 1. The molecule has 0 aromatic heterocycles. The number of aliphatic carboxylic acids is 1. The molecule has 0 aliphatic heterocycles. The molecule has 7 nitrogen and oxygen atoms in total. The predicted octanol–water partition coefficient (Wildman–Crippen LogP) is 0.161. The van der Waals surface area contributed by atoms with Crippen LogP contribution in [0.5, 0.6) is 0 Å². The van der Waals surface area contributed by atoms with E-state index in [2.05, 4.69) is 26.6 Å². The van der Waals surface area contributed by atoms with Crippen LogP contribution in [0.3, 0.4) is 0 Å². The van der Waals surface area contributed by atoms with Crippen molar-refractivity contribution in [3.63, 3.8) is 0 Å². The van der Waals surface area contributed by atoms with E-state index in [4.69, 9.17) is 10.8 Å². The molecule has 0 saturated heterocycles. The molecule has 19 heavy (non-hydrogen) atoms. The lowest BCUT2D eigenvalue weighted by Crippen LogP contribution is -2.34. The number of amides is 2. The van der Waals surface area contributed by atoms with Crippen LogP contribution in [0.4, 0.5) is 5.69 Å². The first-order chi connectivity index (χ1) is 8.90. The van der Waals surface area contributed by atoms with Crippen LogP contribution in [-0.4, -0.2) is 36.0 Å². The van der Waals surface area contributed by atoms with Gasteiger partial charge in [-0.3, -0.25) is 14.4 Å². The lowest BCUT2D eigenvalue weighted by Gasteiger charge is -2.10. The maximum Gasteiger partial charge on any atom is 0.322 e. The van der Waals surface area contributed by atoms with Crippen molar-refractivity contribution in [2.45, 2.75) is 0 Å². The van der Waals surface area contributed by atoms with Crippen LogP contribution >= 0.6 is 15.9 Å². The molecule has 1 aromatic carbocycles. The Balaban J connectivity index is 2.65. The van der Waals surface area contributed by atoms with Crippen LogP contribution < -0.4 is 16.4 Å². The number of nitrogens with two attached hydrogens (primary N) is 1. The third kappa shape index (κ3) is 4.96. The van der Waals surface area contributed by atoms with Crippen LogP contribution in [-0.2, 0) is 9.59 Å². The molecule has 2 amide bonds. The minimum absolute atomic E-state index is 0.158. The number of carboxylic acids is 1. The lowest BCUT2D eigenvalue weighted by molar-refractivity contribution is -0.137. The van der Waals surface area contributed by atoms with E-state index in [0.29, 0.717) is 10.2 Å². The summed E-state index contributed by atoms with van der Waals surface area (Å²) in [5.74, 6) is -2.26. The minimum Gasteiger partial charge on any atom is -0.480 e. The Morgan fingerprint density at radius 3 is 2.53 bits per heavy atom. The van der Waals surface area contributed by atoms with Gasteiger partial charge < -0.3 is 21.5 Å². The molecule has 5 N–H and O–H groups in total. The summed E-state index contributed by atoms with van der Waals surface area (Å²) in [6, 6.07) is 4.80. The van der Waals surface area contributed by atoms with E-state index >= 15 is 0 Å². The number of hydrogen-bond acceptors (Lipinski definition) is 4. The maximum absolute atomic E-state index is 11.3.